The zero-order valence-electron chi connectivity index (χ0n) is 25.4. The molecule has 0 bridgehead atoms. The van der Waals surface area contributed by atoms with E-state index >= 15 is 0 Å². The Morgan fingerprint density at radius 2 is 1.60 bits per heavy atom. The summed E-state index contributed by atoms with van der Waals surface area (Å²) in [5.41, 5.74) is 4.05. The number of nitrogens with one attached hydrogen (secondary N) is 3. The quantitative estimate of drug-likeness (QED) is 0.120. The summed E-state index contributed by atoms with van der Waals surface area (Å²) >= 11 is 0. The summed E-state index contributed by atoms with van der Waals surface area (Å²) in [5, 5.41) is 18.7. The molecule has 1 aromatic heterocycles. The lowest BCUT2D eigenvalue weighted by molar-refractivity contribution is -0.141. The van der Waals surface area contributed by atoms with Crippen LogP contribution in [0, 0.1) is 5.92 Å². The first-order valence-electron chi connectivity index (χ1n) is 15.3. The molecule has 4 N–H and O–H groups in total. The minimum Gasteiger partial charge on any atom is -0.497 e. The number of hydrogen-bond acceptors (Lipinski definition) is 4. The maximum absolute atomic E-state index is 13.6. The number of ether oxygens (including phenoxy) is 1. The summed E-state index contributed by atoms with van der Waals surface area (Å²) < 4.78 is 5.31. The highest BCUT2D eigenvalue weighted by Gasteiger charge is 2.28. The van der Waals surface area contributed by atoms with Crippen molar-refractivity contribution in [2.45, 2.75) is 44.6 Å². The van der Waals surface area contributed by atoms with Gasteiger partial charge in [-0.25, -0.2) is 0 Å². The van der Waals surface area contributed by atoms with Crippen LogP contribution in [-0.2, 0) is 33.6 Å². The molecule has 0 aliphatic carbocycles. The van der Waals surface area contributed by atoms with Gasteiger partial charge in [0, 0.05) is 36.0 Å². The minimum absolute atomic E-state index is 0.272. The fourth-order valence-electron chi connectivity index (χ4n) is 5.76. The van der Waals surface area contributed by atoms with E-state index < -0.39 is 23.8 Å². The highest BCUT2D eigenvalue weighted by molar-refractivity contribution is 5.91. The third-order valence-corrected chi connectivity index (χ3v) is 8.21. The molecule has 0 spiro atoms. The van der Waals surface area contributed by atoms with E-state index in [2.05, 4.69) is 21.7 Å². The number of hydrogen-bond donors (Lipinski definition) is 4. The van der Waals surface area contributed by atoms with E-state index in [1.54, 1.807) is 7.11 Å². The largest absolute Gasteiger partial charge is 0.497 e. The van der Waals surface area contributed by atoms with Crippen LogP contribution in [0.1, 0.15) is 36.0 Å². The Balaban J connectivity index is 1.26. The van der Waals surface area contributed by atoms with Crippen LogP contribution < -0.4 is 15.4 Å². The SMILES string of the molecule is COc1ccc2cc(CCC[C@H](CC(=O)O)C(=O)N[C@@H](Cc3c[nH]c4ccccc34)C(=O)NCCc3ccccc3)ccc2c1. The maximum Gasteiger partial charge on any atom is 0.304 e. The fourth-order valence-corrected chi connectivity index (χ4v) is 5.76. The van der Waals surface area contributed by atoms with Crippen LogP contribution in [-0.4, -0.2) is 47.6 Å². The van der Waals surface area contributed by atoms with Crippen LogP contribution in [0.15, 0.2) is 97.2 Å². The van der Waals surface area contributed by atoms with Crippen LogP contribution in [0.4, 0.5) is 0 Å². The molecule has 0 aliphatic rings. The van der Waals surface area contributed by atoms with Crippen molar-refractivity contribution in [2.24, 2.45) is 5.92 Å². The van der Waals surface area contributed by atoms with Gasteiger partial charge < -0.3 is 25.5 Å². The number of carbonyl (C=O) groups is 3. The molecule has 0 saturated carbocycles. The van der Waals surface area contributed by atoms with Gasteiger partial charge in [-0.2, -0.15) is 0 Å². The number of fused-ring (bicyclic) bond motifs is 2. The number of carboxylic acids is 1. The molecule has 8 nitrogen and oxygen atoms in total. The average molecular weight is 606 g/mol. The number of aliphatic carboxylic acids is 1. The van der Waals surface area contributed by atoms with Gasteiger partial charge in [-0.15, -0.1) is 0 Å². The van der Waals surface area contributed by atoms with Gasteiger partial charge in [-0.05, 0) is 71.3 Å². The van der Waals surface area contributed by atoms with E-state index in [9.17, 15) is 19.5 Å². The van der Waals surface area contributed by atoms with Crippen molar-refractivity contribution in [1.82, 2.24) is 15.6 Å². The van der Waals surface area contributed by atoms with Gasteiger partial charge in [0.05, 0.1) is 13.5 Å². The van der Waals surface area contributed by atoms with Crippen LogP contribution in [0.3, 0.4) is 0 Å². The normalized spacial score (nSPS) is 12.5. The Bertz CT molecular complexity index is 1760. The Morgan fingerprint density at radius 1 is 0.844 bits per heavy atom. The summed E-state index contributed by atoms with van der Waals surface area (Å²) in [5.74, 6) is -1.74. The summed E-state index contributed by atoms with van der Waals surface area (Å²) in [4.78, 5) is 42.0. The average Bonchev–Trinajstić information content (AvgIpc) is 3.46. The van der Waals surface area contributed by atoms with Crippen molar-refractivity contribution < 1.29 is 24.2 Å². The first kappa shape index (κ1) is 31.3. The highest BCUT2D eigenvalue weighted by atomic mass is 16.5. The molecule has 0 fully saturated rings. The number of amides is 2. The van der Waals surface area contributed by atoms with Gasteiger partial charge in [-0.1, -0.05) is 72.8 Å². The first-order valence-corrected chi connectivity index (χ1v) is 15.3. The van der Waals surface area contributed by atoms with Gasteiger partial charge in [-0.3, -0.25) is 14.4 Å². The number of benzene rings is 4. The summed E-state index contributed by atoms with van der Waals surface area (Å²) in [6.07, 6.45) is 4.19. The van der Waals surface area contributed by atoms with E-state index in [1.165, 1.54) is 0 Å². The zero-order chi connectivity index (χ0) is 31.6. The molecule has 2 amide bonds. The fraction of sp³-hybridized carbons (Fsp3) is 0.270. The first-order chi connectivity index (χ1) is 21.9. The van der Waals surface area contributed by atoms with Gasteiger partial charge in [0.2, 0.25) is 11.8 Å². The molecule has 5 rings (SSSR count). The second-order valence-corrected chi connectivity index (χ2v) is 11.4. The van der Waals surface area contributed by atoms with E-state index in [4.69, 9.17) is 4.74 Å². The van der Waals surface area contributed by atoms with Crippen molar-refractivity contribution >= 4 is 39.5 Å². The Kier molecular flexibility index (Phi) is 10.5. The second kappa shape index (κ2) is 15.1. The number of carboxylic acid groups (broad SMARTS) is 1. The van der Waals surface area contributed by atoms with Crippen molar-refractivity contribution in [3.63, 3.8) is 0 Å². The molecule has 4 aromatic carbocycles. The lowest BCUT2D eigenvalue weighted by Crippen LogP contribution is -2.50. The van der Waals surface area contributed by atoms with E-state index in [-0.39, 0.29) is 18.7 Å². The van der Waals surface area contributed by atoms with Crippen molar-refractivity contribution in [3.8, 4) is 5.75 Å². The molecule has 232 valence electrons. The summed E-state index contributed by atoms with van der Waals surface area (Å²) in [6.45, 7) is 0.417. The number of carbonyl (C=O) groups excluding carboxylic acids is 2. The number of H-pyrrole nitrogens is 1. The van der Waals surface area contributed by atoms with E-state index in [0.29, 0.717) is 32.2 Å². The topological polar surface area (TPSA) is 121 Å². The molecule has 0 saturated heterocycles. The molecule has 0 aliphatic heterocycles. The zero-order valence-corrected chi connectivity index (χ0v) is 25.4. The monoisotopic (exact) mass is 605 g/mol. The molecule has 45 heavy (non-hydrogen) atoms. The Morgan fingerprint density at radius 3 is 2.40 bits per heavy atom. The third-order valence-electron chi connectivity index (χ3n) is 8.21. The molecule has 5 aromatic rings. The number of aromatic nitrogens is 1. The highest BCUT2D eigenvalue weighted by Crippen LogP contribution is 2.24. The molecular formula is C37H39N3O5. The van der Waals surface area contributed by atoms with Gasteiger partial charge >= 0.3 is 5.97 Å². The van der Waals surface area contributed by atoms with E-state index in [1.807, 2.05) is 91.1 Å². The number of methoxy groups -OCH3 is 1. The number of aromatic amines is 1. The number of rotatable bonds is 15. The smallest absolute Gasteiger partial charge is 0.304 e. The van der Waals surface area contributed by atoms with Crippen LogP contribution >= 0.6 is 0 Å². The molecule has 0 unspecified atom stereocenters. The van der Waals surface area contributed by atoms with Gasteiger partial charge in [0.25, 0.3) is 0 Å². The molecule has 2 atom stereocenters. The van der Waals surface area contributed by atoms with E-state index in [0.717, 1.165) is 44.1 Å². The maximum atomic E-state index is 13.6. The predicted octanol–water partition coefficient (Wildman–Crippen LogP) is 5.83. The second-order valence-electron chi connectivity index (χ2n) is 11.4. The lowest BCUT2D eigenvalue weighted by Gasteiger charge is -2.22. The van der Waals surface area contributed by atoms with Crippen molar-refractivity contribution in [2.75, 3.05) is 13.7 Å². The lowest BCUT2D eigenvalue weighted by atomic mass is 9.94. The standard InChI is InChI=1S/C37H39N3O5/c1-45-31-17-16-27-20-26(14-15-28(27)21-31)10-7-11-29(23-35(41)42)36(43)40-34(22-30-24-39-33-13-6-5-12-32(30)33)37(44)38-19-18-25-8-3-2-4-9-25/h2-6,8-9,12-17,20-21,24,29,34,39H,7,10-11,18-19,22-23H2,1H3,(H,38,44)(H,40,43)(H,41,42)/t29-,34+/m1/s1. The van der Waals surface area contributed by atoms with Crippen LogP contribution in [0.5, 0.6) is 5.75 Å². The molecule has 1 heterocycles. The van der Waals surface area contributed by atoms with Crippen LogP contribution in [0.2, 0.25) is 0 Å². The minimum atomic E-state index is -1.05. The Labute approximate surface area is 262 Å². The van der Waals surface area contributed by atoms with Crippen molar-refractivity contribution in [1.29, 1.82) is 0 Å². The van der Waals surface area contributed by atoms with Gasteiger partial charge in [0.15, 0.2) is 0 Å². The Hall–Kier alpha value is -5.11. The predicted molar refractivity (Wildman–Crippen MR) is 176 cm³/mol. The third kappa shape index (κ3) is 8.50. The molecule has 8 heteroatoms. The summed E-state index contributed by atoms with van der Waals surface area (Å²) in [7, 11) is 1.64. The molecular weight excluding hydrogens is 566 g/mol. The number of aryl methyl sites for hydroxylation is 1. The van der Waals surface area contributed by atoms with Crippen molar-refractivity contribution in [3.05, 3.63) is 114 Å². The summed E-state index contributed by atoms with van der Waals surface area (Å²) in [6, 6.07) is 28.9. The van der Waals surface area contributed by atoms with Gasteiger partial charge in [0.1, 0.15) is 11.8 Å². The van der Waals surface area contributed by atoms with Crippen LogP contribution in [0.25, 0.3) is 21.7 Å². The number of para-hydroxylation sites is 1. The molecule has 0 radical (unpaired) electrons.